The van der Waals surface area contributed by atoms with Gasteiger partial charge in [-0.1, -0.05) is 60.7 Å². The smallest absolute Gasteiger partial charge is 0.361 e. The minimum absolute atomic E-state index is 0.00932. The largest absolute Gasteiger partial charge is 0.441 e. The van der Waals surface area contributed by atoms with Crippen molar-refractivity contribution in [3.8, 4) is 11.5 Å². The van der Waals surface area contributed by atoms with Gasteiger partial charge in [0.05, 0.1) is 44.6 Å². The molecule has 3 aromatic carbocycles. The SMILES string of the molecule is C[C@H](Cn1cnc2c(N)ncnc21)OCP(=O)(Cl)Oc1ccccc1.Cc1ccccc1COCCCP(=O)(CO[C@H](C)Cn1cnc2c(N)ncnc21)Oc1ccccc1. The highest BCUT2D eigenvalue weighted by Gasteiger charge is 2.27. The molecule has 322 valence electrons. The van der Waals surface area contributed by atoms with Gasteiger partial charge in [-0.15, -0.1) is 0 Å². The Morgan fingerprint density at radius 1 is 0.672 bits per heavy atom. The molecule has 0 spiro atoms. The molecule has 7 aromatic rings. The third kappa shape index (κ3) is 13.3. The molecule has 4 N–H and O–H groups in total. The average Bonchev–Trinajstić information content (AvgIpc) is 3.86. The van der Waals surface area contributed by atoms with Crippen LogP contribution in [0.5, 0.6) is 11.5 Å². The van der Waals surface area contributed by atoms with Gasteiger partial charge in [0.25, 0.3) is 7.37 Å². The van der Waals surface area contributed by atoms with Crippen LogP contribution in [0.1, 0.15) is 31.4 Å². The summed E-state index contributed by atoms with van der Waals surface area (Å²) in [5.41, 5.74) is 16.3. The van der Waals surface area contributed by atoms with Crippen molar-refractivity contribution in [2.45, 2.75) is 59.1 Å². The van der Waals surface area contributed by atoms with Crippen molar-refractivity contribution in [3.05, 3.63) is 121 Å². The number of hydrogen-bond donors (Lipinski definition) is 2. The number of halogens is 1. The third-order valence-corrected chi connectivity index (χ3v) is 12.7. The van der Waals surface area contributed by atoms with Crippen molar-refractivity contribution in [1.82, 2.24) is 39.0 Å². The van der Waals surface area contributed by atoms with Gasteiger partial charge in [0, 0.05) is 12.8 Å². The van der Waals surface area contributed by atoms with E-state index in [2.05, 4.69) is 49.0 Å². The first kappa shape index (κ1) is 45.1. The molecular formula is C41H49ClN10O7P2. The number of fused-ring (bicyclic) bond motifs is 2. The molecule has 4 atom stereocenters. The van der Waals surface area contributed by atoms with Crippen LogP contribution < -0.4 is 20.5 Å². The van der Waals surface area contributed by atoms with E-state index in [-0.39, 0.29) is 24.9 Å². The molecule has 61 heavy (non-hydrogen) atoms. The van der Waals surface area contributed by atoms with Crippen molar-refractivity contribution in [2.24, 2.45) is 0 Å². The number of ether oxygens (including phenoxy) is 3. The molecule has 4 aromatic heterocycles. The van der Waals surface area contributed by atoms with E-state index >= 15 is 0 Å². The number of hydrogen-bond acceptors (Lipinski definition) is 15. The second-order valence-corrected chi connectivity index (χ2v) is 19.8. The monoisotopic (exact) mass is 890 g/mol. The van der Waals surface area contributed by atoms with Crippen LogP contribution in [0.2, 0.25) is 0 Å². The van der Waals surface area contributed by atoms with E-state index in [4.69, 9.17) is 46.0 Å². The molecule has 0 fully saturated rings. The van der Waals surface area contributed by atoms with Gasteiger partial charge in [0.2, 0.25) is 0 Å². The molecule has 0 bridgehead atoms. The van der Waals surface area contributed by atoms with Gasteiger partial charge in [0.1, 0.15) is 47.9 Å². The zero-order valence-corrected chi connectivity index (χ0v) is 36.6. The second-order valence-electron chi connectivity index (χ2n) is 14.1. The molecule has 0 radical (unpaired) electrons. The highest BCUT2D eigenvalue weighted by molar-refractivity contribution is 7.85. The minimum atomic E-state index is -3.43. The predicted molar refractivity (Wildman–Crippen MR) is 236 cm³/mol. The number of rotatable bonds is 20. The van der Waals surface area contributed by atoms with E-state index in [0.717, 1.165) is 5.56 Å². The lowest BCUT2D eigenvalue weighted by Crippen LogP contribution is -2.19. The van der Waals surface area contributed by atoms with E-state index in [1.165, 1.54) is 18.2 Å². The fourth-order valence-electron chi connectivity index (χ4n) is 6.02. The summed E-state index contributed by atoms with van der Waals surface area (Å²) >= 11 is 5.96. The molecule has 2 unspecified atom stereocenters. The van der Waals surface area contributed by atoms with Crippen molar-refractivity contribution in [3.63, 3.8) is 0 Å². The van der Waals surface area contributed by atoms with Gasteiger partial charge in [-0.25, -0.2) is 29.9 Å². The number of nitrogen functional groups attached to an aromatic ring is 2. The molecular weight excluding hydrogens is 842 g/mol. The number of aryl methyl sites for hydroxylation is 1. The zero-order chi connectivity index (χ0) is 43.2. The minimum Gasteiger partial charge on any atom is -0.441 e. The molecule has 0 saturated carbocycles. The molecule has 0 amide bonds. The molecule has 4 heterocycles. The van der Waals surface area contributed by atoms with Crippen molar-refractivity contribution in [2.75, 3.05) is 36.9 Å². The van der Waals surface area contributed by atoms with Gasteiger partial charge >= 0.3 is 6.72 Å². The Hall–Kier alpha value is -5.41. The molecule has 20 heteroatoms. The summed E-state index contributed by atoms with van der Waals surface area (Å²) in [6.07, 6.45) is 6.21. The van der Waals surface area contributed by atoms with Crippen LogP contribution >= 0.6 is 25.3 Å². The maximum Gasteiger partial charge on any atom is 0.361 e. The van der Waals surface area contributed by atoms with Gasteiger partial charge in [-0.2, -0.15) is 0 Å². The summed E-state index contributed by atoms with van der Waals surface area (Å²) in [6.45, 7) is 4.28. The van der Waals surface area contributed by atoms with Gasteiger partial charge in [0.15, 0.2) is 22.9 Å². The summed E-state index contributed by atoms with van der Waals surface area (Å²) in [5.74, 6) is 1.65. The lowest BCUT2D eigenvalue weighted by atomic mass is 10.1. The van der Waals surface area contributed by atoms with Crippen molar-refractivity contribution >= 4 is 59.3 Å². The Balaban J connectivity index is 0.000000218. The van der Waals surface area contributed by atoms with Gasteiger partial charge in [-0.3, -0.25) is 9.13 Å². The first-order valence-electron chi connectivity index (χ1n) is 19.4. The van der Waals surface area contributed by atoms with Crippen LogP contribution in [0.3, 0.4) is 0 Å². The Morgan fingerprint density at radius 3 is 1.74 bits per heavy atom. The molecule has 17 nitrogen and oxygen atoms in total. The number of para-hydroxylation sites is 2. The van der Waals surface area contributed by atoms with Crippen molar-refractivity contribution in [1.29, 1.82) is 0 Å². The third-order valence-electron chi connectivity index (χ3n) is 9.14. The molecule has 7 rings (SSSR count). The molecule has 0 saturated heterocycles. The summed E-state index contributed by atoms with van der Waals surface area (Å²) < 4.78 is 58.5. The zero-order valence-electron chi connectivity index (χ0n) is 34.1. The van der Waals surface area contributed by atoms with Crippen LogP contribution in [0, 0.1) is 6.92 Å². The van der Waals surface area contributed by atoms with E-state index in [1.54, 1.807) is 53.6 Å². The van der Waals surface area contributed by atoms with E-state index < -0.39 is 14.1 Å². The number of benzene rings is 3. The fraction of sp³-hybridized carbons (Fsp3) is 0.317. The van der Waals surface area contributed by atoms with E-state index in [1.807, 2.05) is 54.8 Å². The number of aromatic nitrogens is 8. The summed E-state index contributed by atoms with van der Waals surface area (Å²) in [6, 6.07) is 26.1. The Kier molecular flexibility index (Phi) is 15.8. The molecule has 0 aliphatic carbocycles. The first-order valence-corrected chi connectivity index (χ1v) is 24.1. The number of anilines is 2. The lowest BCUT2D eigenvalue weighted by Gasteiger charge is -2.22. The van der Waals surface area contributed by atoms with Crippen LogP contribution in [-0.2, 0) is 43.0 Å². The average molecular weight is 891 g/mol. The maximum atomic E-state index is 13.8. The number of nitrogens with zero attached hydrogens (tertiary/aromatic N) is 8. The topological polar surface area (TPSA) is 220 Å². The van der Waals surface area contributed by atoms with Crippen LogP contribution in [0.4, 0.5) is 11.6 Å². The summed E-state index contributed by atoms with van der Waals surface area (Å²) in [4.78, 5) is 24.8. The summed E-state index contributed by atoms with van der Waals surface area (Å²) in [7, 11) is -3.14. The standard InChI is InChI=1S/C26H32N5O4P.C15H17ClN5O3P/c1-20-9-6-7-10-22(20)16-33-13-8-14-36(32,35-23-11-4-3-5-12-23)19-34-21(2)15-31-18-30-24-25(27)28-17-29-26(24)31;1-11(7-21-9-20-13-14(17)18-8-19-15(13)21)23-10-25(16,22)24-12-5-3-2-4-6-12/h3-7,9-12,17-18,21H,8,13-16,19H2,1-2H3,(H2,27,28,29);2-6,8-9,11H,7,10H2,1H3,(H2,17,18,19)/t21-,36?;11-,25?/m11/s1. The highest BCUT2D eigenvalue weighted by Crippen LogP contribution is 2.52. The number of nitrogens with two attached hydrogens (primary N) is 2. The Morgan fingerprint density at radius 2 is 1.18 bits per heavy atom. The molecule has 0 aliphatic heterocycles. The van der Waals surface area contributed by atoms with Crippen LogP contribution in [-0.4, -0.2) is 76.7 Å². The highest BCUT2D eigenvalue weighted by atomic mass is 35.7. The van der Waals surface area contributed by atoms with Crippen LogP contribution in [0.25, 0.3) is 22.3 Å². The van der Waals surface area contributed by atoms with Crippen molar-refractivity contribution < 1.29 is 32.4 Å². The van der Waals surface area contributed by atoms with Crippen LogP contribution in [0.15, 0.2) is 110 Å². The number of imidazole rings is 2. The summed E-state index contributed by atoms with van der Waals surface area (Å²) in [5, 5.41) is 0. The van der Waals surface area contributed by atoms with Gasteiger partial charge in [-0.05, 0) is 73.8 Å². The second kappa shape index (κ2) is 21.4. The predicted octanol–water partition coefficient (Wildman–Crippen LogP) is 8.33. The Bertz CT molecular complexity index is 2570. The maximum absolute atomic E-state index is 13.8. The van der Waals surface area contributed by atoms with E-state index in [0.29, 0.717) is 84.3 Å². The van der Waals surface area contributed by atoms with E-state index in [9.17, 15) is 9.13 Å². The quantitative estimate of drug-likeness (QED) is 0.0543. The first-order chi connectivity index (χ1) is 29.4. The van der Waals surface area contributed by atoms with Gasteiger partial charge < -0.3 is 43.9 Å². The normalized spacial score (nSPS) is 14.4. The molecule has 0 aliphatic rings. The lowest BCUT2D eigenvalue weighted by molar-refractivity contribution is 0.0824. The fourth-order valence-corrected chi connectivity index (χ4v) is 9.22. The Labute approximate surface area is 358 Å².